The summed E-state index contributed by atoms with van der Waals surface area (Å²) in [5.41, 5.74) is 0.884. The van der Waals surface area contributed by atoms with E-state index in [0.29, 0.717) is 19.8 Å². The van der Waals surface area contributed by atoms with Crippen molar-refractivity contribution in [3.05, 3.63) is 59.4 Å². The molecule has 0 radical (unpaired) electrons. The first kappa shape index (κ1) is 20.2. The van der Waals surface area contributed by atoms with Crippen LogP contribution in [0.25, 0.3) is 0 Å². The van der Waals surface area contributed by atoms with Gasteiger partial charge in [-0.05, 0) is 42.7 Å². The highest BCUT2D eigenvalue weighted by Crippen LogP contribution is 2.43. The molecule has 2 aliphatic rings. The van der Waals surface area contributed by atoms with E-state index in [-0.39, 0.29) is 23.4 Å². The summed E-state index contributed by atoms with van der Waals surface area (Å²) < 4.78 is 25.0. The monoisotopic (exact) mass is 412 g/mol. The van der Waals surface area contributed by atoms with Gasteiger partial charge in [0.25, 0.3) is 5.91 Å². The Hall–Kier alpha value is -3.09. The molecule has 0 bridgehead atoms. The van der Waals surface area contributed by atoms with Crippen LogP contribution in [0.4, 0.5) is 4.39 Å². The van der Waals surface area contributed by atoms with Gasteiger partial charge in [0.15, 0.2) is 11.5 Å². The van der Waals surface area contributed by atoms with E-state index < -0.39 is 11.7 Å². The maximum absolute atomic E-state index is 13.7. The van der Waals surface area contributed by atoms with Gasteiger partial charge < -0.3 is 20.1 Å². The molecule has 0 unspecified atom stereocenters. The zero-order chi connectivity index (χ0) is 21.0. The summed E-state index contributed by atoms with van der Waals surface area (Å²) in [6.45, 7) is 1.35. The molecule has 2 amide bonds. The fourth-order valence-electron chi connectivity index (χ4n) is 4.22. The van der Waals surface area contributed by atoms with Crippen LogP contribution in [0.5, 0.6) is 11.5 Å². The molecule has 0 atom stereocenters. The molecule has 30 heavy (non-hydrogen) atoms. The van der Waals surface area contributed by atoms with Crippen LogP contribution in [0, 0.1) is 5.82 Å². The van der Waals surface area contributed by atoms with Crippen molar-refractivity contribution in [3.8, 4) is 11.5 Å². The first-order valence-corrected chi connectivity index (χ1v) is 10.3. The molecule has 2 aromatic carbocycles. The molecule has 0 spiro atoms. The normalized spacial score (nSPS) is 16.7. The number of halogens is 1. The average molecular weight is 412 g/mol. The molecule has 0 aromatic heterocycles. The second-order valence-electron chi connectivity index (χ2n) is 7.79. The number of carbonyl (C=O) groups is 2. The lowest BCUT2D eigenvalue weighted by Crippen LogP contribution is -2.43. The Morgan fingerprint density at radius 2 is 1.70 bits per heavy atom. The lowest BCUT2D eigenvalue weighted by molar-refractivity contribution is -0.120. The van der Waals surface area contributed by atoms with Crippen LogP contribution < -0.4 is 20.1 Å². The summed E-state index contributed by atoms with van der Waals surface area (Å²) >= 11 is 0. The molecule has 1 aliphatic heterocycles. The van der Waals surface area contributed by atoms with Gasteiger partial charge in [-0.1, -0.05) is 31.0 Å². The molecule has 2 aromatic rings. The highest BCUT2D eigenvalue weighted by molar-refractivity contribution is 5.96. The van der Waals surface area contributed by atoms with Crippen LogP contribution in [0.15, 0.2) is 42.5 Å². The highest BCUT2D eigenvalue weighted by Gasteiger charge is 2.36. The van der Waals surface area contributed by atoms with Gasteiger partial charge in [0.05, 0.1) is 12.1 Å². The van der Waals surface area contributed by atoms with Crippen molar-refractivity contribution < 1.29 is 23.5 Å². The van der Waals surface area contributed by atoms with Crippen molar-refractivity contribution in [2.45, 2.75) is 31.1 Å². The van der Waals surface area contributed by atoms with E-state index in [4.69, 9.17) is 9.47 Å². The molecular weight excluding hydrogens is 387 g/mol. The van der Waals surface area contributed by atoms with Gasteiger partial charge in [-0.2, -0.15) is 0 Å². The maximum atomic E-state index is 13.7. The van der Waals surface area contributed by atoms with Gasteiger partial charge in [-0.3, -0.25) is 9.59 Å². The summed E-state index contributed by atoms with van der Waals surface area (Å²) in [7, 11) is 0. The molecule has 7 heteroatoms. The first-order valence-electron chi connectivity index (χ1n) is 10.3. The van der Waals surface area contributed by atoms with Gasteiger partial charge in [-0.25, -0.2) is 4.39 Å². The fourth-order valence-corrected chi connectivity index (χ4v) is 4.22. The minimum atomic E-state index is -0.612. The predicted octanol–water partition coefficient (Wildman–Crippen LogP) is 2.95. The van der Waals surface area contributed by atoms with Crippen LogP contribution in [0.1, 0.15) is 41.6 Å². The van der Waals surface area contributed by atoms with Gasteiger partial charge in [0.2, 0.25) is 5.91 Å². The number of hydrogen-bond donors (Lipinski definition) is 2. The Morgan fingerprint density at radius 3 is 2.47 bits per heavy atom. The van der Waals surface area contributed by atoms with Crippen LogP contribution in [-0.4, -0.2) is 38.1 Å². The van der Waals surface area contributed by atoms with Crippen molar-refractivity contribution in [1.29, 1.82) is 0 Å². The number of benzene rings is 2. The van der Waals surface area contributed by atoms with Gasteiger partial charge >= 0.3 is 0 Å². The SMILES string of the molecule is O=C(CNC(=O)c1ccccc1F)NCC1(c2ccc3c(c2)OCCO3)CCCC1. The molecule has 1 fully saturated rings. The summed E-state index contributed by atoms with van der Waals surface area (Å²) in [5, 5.41) is 5.43. The smallest absolute Gasteiger partial charge is 0.254 e. The highest BCUT2D eigenvalue weighted by atomic mass is 19.1. The minimum Gasteiger partial charge on any atom is -0.486 e. The van der Waals surface area contributed by atoms with E-state index in [1.165, 1.54) is 18.2 Å². The van der Waals surface area contributed by atoms with Crippen LogP contribution >= 0.6 is 0 Å². The van der Waals surface area contributed by atoms with Gasteiger partial charge in [0, 0.05) is 12.0 Å². The average Bonchev–Trinajstić information content (AvgIpc) is 3.26. The molecule has 1 aliphatic carbocycles. The molecule has 6 nitrogen and oxygen atoms in total. The third kappa shape index (κ3) is 4.25. The first-order chi connectivity index (χ1) is 14.6. The van der Waals surface area contributed by atoms with Crippen molar-refractivity contribution in [3.63, 3.8) is 0 Å². The number of carbonyl (C=O) groups excluding carboxylic acids is 2. The molecular formula is C23H25FN2O4. The standard InChI is InChI=1S/C23H25FN2O4/c24-18-6-2-1-5-17(18)22(28)25-14-21(27)26-15-23(9-3-4-10-23)16-7-8-19-20(13-16)30-12-11-29-19/h1-2,5-8,13H,3-4,9-12,14-15H2,(H,25,28)(H,26,27). The van der Waals surface area contributed by atoms with E-state index >= 15 is 0 Å². The van der Waals surface area contributed by atoms with E-state index in [1.54, 1.807) is 6.07 Å². The van der Waals surface area contributed by atoms with Crippen LogP contribution in [0.3, 0.4) is 0 Å². The van der Waals surface area contributed by atoms with Crippen molar-refractivity contribution in [2.24, 2.45) is 0 Å². The topological polar surface area (TPSA) is 76.7 Å². The lowest BCUT2D eigenvalue weighted by Gasteiger charge is -2.31. The third-order valence-corrected chi connectivity index (χ3v) is 5.87. The Labute approximate surface area is 174 Å². The van der Waals surface area contributed by atoms with Crippen LogP contribution in [-0.2, 0) is 10.2 Å². The Kier molecular flexibility index (Phi) is 5.88. The molecule has 1 heterocycles. The van der Waals surface area contributed by atoms with Crippen molar-refractivity contribution >= 4 is 11.8 Å². The lowest BCUT2D eigenvalue weighted by atomic mass is 9.78. The number of rotatable bonds is 6. The summed E-state index contributed by atoms with van der Waals surface area (Å²) in [6.07, 6.45) is 4.12. The Balaban J connectivity index is 1.37. The second-order valence-corrected chi connectivity index (χ2v) is 7.79. The molecule has 2 N–H and O–H groups in total. The molecule has 1 saturated carbocycles. The number of ether oxygens (including phenoxy) is 2. The number of amides is 2. The number of fused-ring (bicyclic) bond motifs is 1. The molecule has 4 rings (SSSR count). The third-order valence-electron chi connectivity index (χ3n) is 5.87. The van der Waals surface area contributed by atoms with Gasteiger partial charge in [0.1, 0.15) is 19.0 Å². The van der Waals surface area contributed by atoms with E-state index in [0.717, 1.165) is 42.7 Å². The van der Waals surface area contributed by atoms with Crippen LogP contribution in [0.2, 0.25) is 0 Å². The summed E-state index contributed by atoms with van der Waals surface area (Å²) in [5.74, 6) is -0.0281. The van der Waals surface area contributed by atoms with Crippen molar-refractivity contribution in [2.75, 3.05) is 26.3 Å². The zero-order valence-corrected chi connectivity index (χ0v) is 16.7. The minimum absolute atomic E-state index is 0.0751. The second kappa shape index (κ2) is 8.73. The summed E-state index contributed by atoms with van der Waals surface area (Å²) in [4.78, 5) is 24.5. The predicted molar refractivity (Wildman–Crippen MR) is 109 cm³/mol. The summed E-state index contributed by atoms with van der Waals surface area (Å²) in [6, 6.07) is 11.7. The molecule has 0 saturated heterocycles. The maximum Gasteiger partial charge on any atom is 0.254 e. The largest absolute Gasteiger partial charge is 0.486 e. The van der Waals surface area contributed by atoms with E-state index in [1.807, 2.05) is 18.2 Å². The van der Waals surface area contributed by atoms with Gasteiger partial charge in [-0.15, -0.1) is 0 Å². The number of hydrogen-bond acceptors (Lipinski definition) is 4. The van der Waals surface area contributed by atoms with E-state index in [9.17, 15) is 14.0 Å². The fraction of sp³-hybridized carbons (Fsp3) is 0.391. The number of nitrogens with one attached hydrogen (secondary N) is 2. The molecule has 158 valence electrons. The van der Waals surface area contributed by atoms with E-state index in [2.05, 4.69) is 10.6 Å². The Morgan fingerprint density at radius 1 is 0.967 bits per heavy atom. The van der Waals surface area contributed by atoms with Crippen molar-refractivity contribution in [1.82, 2.24) is 10.6 Å². The zero-order valence-electron chi connectivity index (χ0n) is 16.7. The quantitative estimate of drug-likeness (QED) is 0.765. The Bertz CT molecular complexity index is 941.